The summed E-state index contributed by atoms with van der Waals surface area (Å²) in [5.41, 5.74) is 6.36. The second-order valence-electron chi connectivity index (χ2n) is 4.92. The van der Waals surface area contributed by atoms with Crippen molar-refractivity contribution >= 4 is 30.1 Å². The van der Waals surface area contributed by atoms with Crippen molar-refractivity contribution in [2.24, 2.45) is 5.73 Å². The van der Waals surface area contributed by atoms with E-state index < -0.39 is 0 Å². The standard InChI is InChI=1S/C15H19N3O3.ClH/c1-2-3-8-18-14(20)11-5-4-10(9-12(11)15(18)21)13(19)17-7-6-16;/h4-5,9H,2-3,6-8,16H2,1H3,(H,17,19);1H. The van der Waals surface area contributed by atoms with Crippen LogP contribution in [-0.2, 0) is 0 Å². The number of carbonyl (C=O) groups is 3. The minimum atomic E-state index is -0.322. The molecule has 0 bridgehead atoms. The molecule has 0 atom stereocenters. The molecule has 1 heterocycles. The summed E-state index contributed by atoms with van der Waals surface area (Å²) in [5.74, 6) is -0.898. The molecule has 0 fully saturated rings. The van der Waals surface area contributed by atoms with E-state index in [1.165, 1.54) is 11.0 Å². The summed E-state index contributed by atoms with van der Waals surface area (Å²) < 4.78 is 0. The number of nitrogens with zero attached hydrogens (tertiary/aromatic N) is 1. The van der Waals surface area contributed by atoms with Crippen LogP contribution < -0.4 is 11.1 Å². The molecule has 0 unspecified atom stereocenters. The first-order valence-electron chi connectivity index (χ1n) is 7.08. The fourth-order valence-electron chi connectivity index (χ4n) is 2.24. The highest BCUT2D eigenvalue weighted by atomic mass is 35.5. The van der Waals surface area contributed by atoms with Crippen LogP contribution in [0.4, 0.5) is 0 Å². The lowest BCUT2D eigenvalue weighted by Crippen LogP contribution is -2.30. The molecule has 0 saturated carbocycles. The molecule has 6 nitrogen and oxygen atoms in total. The fourth-order valence-corrected chi connectivity index (χ4v) is 2.24. The summed E-state index contributed by atoms with van der Waals surface area (Å²) >= 11 is 0. The van der Waals surface area contributed by atoms with Crippen LogP contribution in [0.3, 0.4) is 0 Å². The van der Waals surface area contributed by atoms with E-state index in [-0.39, 0.29) is 30.1 Å². The van der Waals surface area contributed by atoms with Crippen LogP contribution in [0.15, 0.2) is 18.2 Å². The smallest absolute Gasteiger partial charge is 0.261 e. The van der Waals surface area contributed by atoms with Crippen LogP contribution in [-0.4, -0.2) is 42.3 Å². The molecule has 3 amide bonds. The molecule has 1 aliphatic rings. The zero-order valence-electron chi connectivity index (χ0n) is 12.4. The van der Waals surface area contributed by atoms with Crippen molar-refractivity contribution in [3.8, 4) is 0 Å². The molecule has 0 radical (unpaired) electrons. The lowest BCUT2D eigenvalue weighted by atomic mass is 10.1. The Morgan fingerprint density at radius 1 is 1.23 bits per heavy atom. The lowest BCUT2D eigenvalue weighted by molar-refractivity contribution is 0.0652. The van der Waals surface area contributed by atoms with E-state index in [1.54, 1.807) is 12.1 Å². The molecule has 7 heteroatoms. The van der Waals surface area contributed by atoms with Crippen molar-refractivity contribution in [2.75, 3.05) is 19.6 Å². The maximum atomic E-state index is 12.3. The zero-order chi connectivity index (χ0) is 15.4. The number of amides is 3. The van der Waals surface area contributed by atoms with Gasteiger partial charge >= 0.3 is 0 Å². The first-order chi connectivity index (χ1) is 10.1. The van der Waals surface area contributed by atoms with Gasteiger partial charge in [0.15, 0.2) is 0 Å². The third-order valence-corrected chi connectivity index (χ3v) is 3.40. The van der Waals surface area contributed by atoms with E-state index in [4.69, 9.17) is 5.73 Å². The van der Waals surface area contributed by atoms with Gasteiger partial charge in [-0.3, -0.25) is 19.3 Å². The first kappa shape index (κ1) is 18.1. The Labute approximate surface area is 135 Å². The van der Waals surface area contributed by atoms with Crippen molar-refractivity contribution in [1.82, 2.24) is 10.2 Å². The summed E-state index contributed by atoms with van der Waals surface area (Å²) in [7, 11) is 0. The number of unbranched alkanes of at least 4 members (excludes halogenated alkanes) is 1. The van der Waals surface area contributed by atoms with Gasteiger partial charge in [0.1, 0.15) is 0 Å². The summed E-state index contributed by atoms with van der Waals surface area (Å²) in [6.07, 6.45) is 1.68. The van der Waals surface area contributed by atoms with E-state index >= 15 is 0 Å². The predicted molar refractivity (Wildman–Crippen MR) is 85.4 cm³/mol. The van der Waals surface area contributed by atoms with Gasteiger partial charge in [0.25, 0.3) is 17.7 Å². The molecule has 3 N–H and O–H groups in total. The minimum absolute atomic E-state index is 0. The Morgan fingerprint density at radius 2 is 1.91 bits per heavy atom. The third-order valence-electron chi connectivity index (χ3n) is 3.40. The predicted octanol–water partition coefficient (Wildman–Crippen LogP) is 1.19. The summed E-state index contributed by atoms with van der Waals surface area (Å²) in [6.45, 7) is 3.12. The molecule has 0 aromatic heterocycles. The molecule has 0 spiro atoms. The Balaban J connectivity index is 0.00000242. The molecule has 1 aliphatic heterocycles. The van der Waals surface area contributed by atoms with Crippen LogP contribution in [0.2, 0.25) is 0 Å². The number of nitrogens with two attached hydrogens (primary N) is 1. The van der Waals surface area contributed by atoms with Crippen molar-refractivity contribution in [3.05, 3.63) is 34.9 Å². The van der Waals surface area contributed by atoms with Crippen molar-refractivity contribution < 1.29 is 14.4 Å². The second-order valence-corrected chi connectivity index (χ2v) is 4.92. The number of hydrogen-bond acceptors (Lipinski definition) is 4. The zero-order valence-corrected chi connectivity index (χ0v) is 13.2. The van der Waals surface area contributed by atoms with Crippen LogP contribution in [0, 0.1) is 0 Å². The number of nitrogens with one attached hydrogen (secondary N) is 1. The van der Waals surface area contributed by atoms with Gasteiger partial charge in [-0.1, -0.05) is 13.3 Å². The topological polar surface area (TPSA) is 92.5 Å². The summed E-state index contributed by atoms with van der Waals surface area (Å²) in [6, 6.07) is 4.57. The lowest BCUT2D eigenvalue weighted by Gasteiger charge is -2.12. The number of fused-ring (bicyclic) bond motifs is 1. The van der Waals surface area contributed by atoms with Crippen molar-refractivity contribution in [1.29, 1.82) is 0 Å². The van der Waals surface area contributed by atoms with Gasteiger partial charge in [0, 0.05) is 25.2 Å². The quantitative estimate of drug-likeness (QED) is 0.768. The van der Waals surface area contributed by atoms with Gasteiger partial charge in [0.05, 0.1) is 11.1 Å². The summed E-state index contributed by atoms with van der Waals surface area (Å²) in [4.78, 5) is 37.5. The molecule has 120 valence electrons. The van der Waals surface area contributed by atoms with E-state index in [0.29, 0.717) is 36.3 Å². The molecule has 1 aromatic carbocycles. The third kappa shape index (κ3) is 3.45. The Bertz CT molecular complexity index is 589. The molecule has 22 heavy (non-hydrogen) atoms. The molecular weight excluding hydrogens is 306 g/mol. The largest absolute Gasteiger partial charge is 0.351 e. The monoisotopic (exact) mass is 325 g/mol. The number of halogens is 1. The van der Waals surface area contributed by atoms with Gasteiger partial charge in [-0.25, -0.2) is 0 Å². The van der Waals surface area contributed by atoms with Gasteiger partial charge in [-0.15, -0.1) is 12.4 Å². The van der Waals surface area contributed by atoms with Crippen LogP contribution in [0.25, 0.3) is 0 Å². The maximum absolute atomic E-state index is 12.3. The highest BCUT2D eigenvalue weighted by molar-refractivity contribution is 6.22. The van der Waals surface area contributed by atoms with Gasteiger partial charge < -0.3 is 11.1 Å². The van der Waals surface area contributed by atoms with Crippen molar-refractivity contribution in [3.63, 3.8) is 0 Å². The molecule has 2 rings (SSSR count). The maximum Gasteiger partial charge on any atom is 0.261 e. The van der Waals surface area contributed by atoms with E-state index in [9.17, 15) is 14.4 Å². The Kier molecular flexibility index (Phi) is 6.52. The fraction of sp³-hybridized carbons (Fsp3) is 0.400. The van der Waals surface area contributed by atoms with Crippen LogP contribution >= 0.6 is 12.4 Å². The summed E-state index contributed by atoms with van der Waals surface area (Å²) in [5, 5.41) is 2.64. The van der Waals surface area contributed by atoms with Gasteiger partial charge in [-0.05, 0) is 24.6 Å². The molecule has 1 aromatic rings. The first-order valence-corrected chi connectivity index (χ1v) is 7.08. The minimum Gasteiger partial charge on any atom is -0.351 e. The second kappa shape index (κ2) is 7.91. The van der Waals surface area contributed by atoms with E-state index in [0.717, 1.165) is 12.8 Å². The number of rotatable bonds is 6. The highest BCUT2D eigenvalue weighted by Crippen LogP contribution is 2.24. The van der Waals surface area contributed by atoms with Crippen LogP contribution in [0.5, 0.6) is 0 Å². The normalized spacial score (nSPS) is 12.9. The van der Waals surface area contributed by atoms with Crippen molar-refractivity contribution in [2.45, 2.75) is 19.8 Å². The Morgan fingerprint density at radius 3 is 2.55 bits per heavy atom. The van der Waals surface area contributed by atoms with Crippen LogP contribution in [0.1, 0.15) is 50.8 Å². The molecule has 0 aliphatic carbocycles. The number of carbonyl (C=O) groups excluding carboxylic acids is 3. The van der Waals surface area contributed by atoms with Gasteiger partial charge in [0.2, 0.25) is 0 Å². The number of hydrogen-bond donors (Lipinski definition) is 2. The molecule has 0 saturated heterocycles. The number of imide groups is 1. The van der Waals surface area contributed by atoms with E-state index in [1.807, 2.05) is 6.92 Å². The van der Waals surface area contributed by atoms with Gasteiger partial charge in [-0.2, -0.15) is 0 Å². The number of benzene rings is 1. The molecular formula is C15H20ClN3O3. The Hall–Kier alpha value is -1.92. The van der Waals surface area contributed by atoms with E-state index in [2.05, 4.69) is 5.32 Å². The highest BCUT2D eigenvalue weighted by Gasteiger charge is 2.35. The average Bonchev–Trinajstić information content (AvgIpc) is 2.74. The average molecular weight is 326 g/mol. The SMILES string of the molecule is CCCCN1C(=O)c2ccc(C(=O)NCCN)cc2C1=O.Cl.